The van der Waals surface area contributed by atoms with Gasteiger partial charge in [0.05, 0.1) is 23.7 Å². The second-order valence-corrected chi connectivity index (χ2v) is 8.47. The van der Waals surface area contributed by atoms with Gasteiger partial charge in [-0.2, -0.15) is 4.31 Å². The summed E-state index contributed by atoms with van der Waals surface area (Å²) in [5, 5.41) is 0.561. The molecule has 0 amide bonds. The number of halogens is 2. The fourth-order valence-corrected chi connectivity index (χ4v) is 4.22. The standard InChI is InChI=1S/C19H19ClFNO6S/c20-14-1-3-15(4-2-14)27-11-12-28-19(23)17-13-16(5-6-18(17)21)29(24,25)22-7-9-26-10-8-22/h1-6,13H,7-12H2. The minimum Gasteiger partial charge on any atom is -0.490 e. The van der Waals surface area contributed by atoms with Crippen LogP contribution in [0.3, 0.4) is 0 Å². The van der Waals surface area contributed by atoms with Crippen LogP contribution in [-0.2, 0) is 19.5 Å². The van der Waals surface area contributed by atoms with Gasteiger partial charge in [0.25, 0.3) is 0 Å². The van der Waals surface area contributed by atoms with Crippen molar-refractivity contribution in [1.82, 2.24) is 4.31 Å². The summed E-state index contributed by atoms with van der Waals surface area (Å²) in [6.07, 6.45) is 0. The van der Waals surface area contributed by atoms with E-state index in [-0.39, 0.29) is 44.4 Å². The third-order valence-electron chi connectivity index (χ3n) is 4.16. The van der Waals surface area contributed by atoms with Crippen molar-refractivity contribution in [2.24, 2.45) is 0 Å². The van der Waals surface area contributed by atoms with Gasteiger partial charge in [0, 0.05) is 18.1 Å². The fraction of sp³-hybridized carbons (Fsp3) is 0.316. The van der Waals surface area contributed by atoms with Crippen LogP contribution in [-0.4, -0.2) is 58.2 Å². The lowest BCUT2D eigenvalue weighted by Crippen LogP contribution is -2.40. The zero-order chi connectivity index (χ0) is 20.9. The lowest BCUT2D eigenvalue weighted by Gasteiger charge is -2.26. The van der Waals surface area contributed by atoms with Gasteiger partial charge in [-0.05, 0) is 42.5 Å². The summed E-state index contributed by atoms with van der Waals surface area (Å²) < 4.78 is 56.2. The largest absolute Gasteiger partial charge is 0.490 e. The van der Waals surface area contributed by atoms with Crippen LogP contribution in [0.2, 0.25) is 5.02 Å². The Morgan fingerprint density at radius 2 is 1.79 bits per heavy atom. The second-order valence-electron chi connectivity index (χ2n) is 6.10. The molecule has 29 heavy (non-hydrogen) atoms. The number of carbonyl (C=O) groups excluding carboxylic acids is 1. The molecule has 0 atom stereocenters. The molecule has 2 aromatic rings. The van der Waals surface area contributed by atoms with Crippen LogP contribution in [0.1, 0.15) is 10.4 Å². The maximum Gasteiger partial charge on any atom is 0.341 e. The Balaban J connectivity index is 1.62. The van der Waals surface area contributed by atoms with Crippen LogP contribution in [0, 0.1) is 5.82 Å². The van der Waals surface area contributed by atoms with E-state index < -0.39 is 27.4 Å². The first-order valence-electron chi connectivity index (χ1n) is 8.81. The van der Waals surface area contributed by atoms with Crippen molar-refractivity contribution < 1.29 is 31.8 Å². The van der Waals surface area contributed by atoms with Crippen LogP contribution < -0.4 is 4.74 Å². The molecular formula is C19H19ClFNO6S. The predicted molar refractivity (Wildman–Crippen MR) is 103 cm³/mol. The summed E-state index contributed by atoms with van der Waals surface area (Å²) in [5.41, 5.74) is -0.453. The van der Waals surface area contributed by atoms with Crippen molar-refractivity contribution in [1.29, 1.82) is 0 Å². The highest BCUT2D eigenvalue weighted by Crippen LogP contribution is 2.21. The number of rotatable bonds is 7. The maximum absolute atomic E-state index is 14.1. The van der Waals surface area contributed by atoms with Gasteiger partial charge >= 0.3 is 5.97 Å². The second kappa shape index (κ2) is 9.53. The van der Waals surface area contributed by atoms with E-state index in [9.17, 15) is 17.6 Å². The Hall–Kier alpha value is -2.20. The molecular weight excluding hydrogens is 425 g/mol. The molecule has 3 rings (SSSR count). The topological polar surface area (TPSA) is 82.1 Å². The van der Waals surface area contributed by atoms with Crippen LogP contribution in [0.25, 0.3) is 0 Å². The number of nitrogens with zero attached hydrogens (tertiary/aromatic N) is 1. The van der Waals surface area contributed by atoms with Crippen molar-refractivity contribution in [3.63, 3.8) is 0 Å². The van der Waals surface area contributed by atoms with Gasteiger partial charge in [0.1, 0.15) is 24.8 Å². The summed E-state index contributed by atoms with van der Waals surface area (Å²) >= 11 is 5.78. The van der Waals surface area contributed by atoms with Crippen LogP contribution >= 0.6 is 11.6 Å². The smallest absolute Gasteiger partial charge is 0.341 e. The Kier molecular flexibility index (Phi) is 7.07. The molecule has 1 aliphatic heterocycles. The third-order valence-corrected chi connectivity index (χ3v) is 6.31. The molecule has 0 N–H and O–H groups in total. The first-order valence-corrected chi connectivity index (χ1v) is 10.6. The van der Waals surface area contributed by atoms with Gasteiger partial charge in [-0.25, -0.2) is 17.6 Å². The molecule has 1 heterocycles. The molecule has 156 valence electrons. The van der Waals surface area contributed by atoms with E-state index in [4.69, 9.17) is 25.8 Å². The lowest BCUT2D eigenvalue weighted by atomic mass is 10.2. The number of morpholine rings is 1. The van der Waals surface area contributed by atoms with Crippen LogP contribution in [0.5, 0.6) is 5.75 Å². The number of carbonyl (C=O) groups is 1. The molecule has 1 saturated heterocycles. The van der Waals surface area contributed by atoms with Gasteiger partial charge in [0.2, 0.25) is 10.0 Å². The van der Waals surface area contributed by atoms with Gasteiger partial charge in [-0.1, -0.05) is 11.6 Å². The van der Waals surface area contributed by atoms with E-state index in [1.54, 1.807) is 24.3 Å². The average molecular weight is 444 g/mol. The quantitative estimate of drug-likeness (QED) is 0.483. The van der Waals surface area contributed by atoms with E-state index in [1.807, 2.05) is 0 Å². The molecule has 1 fully saturated rings. The number of sulfonamides is 1. The lowest BCUT2D eigenvalue weighted by molar-refractivity contribution is 0.0445. The Morgan fingerprint density at radius 3 is 2.48 bits per heavy atom. The predicted octanol–water partition coefficient (Wildman–Crippen LogP) is 2.74. The molecule has 0 aliphatic carbocycles. The van der Waals surface area contributed by atoms with Crippen molar-refractivity contribution in [3.8, 4) is 5.75 Å². The zero-order valence-electron chi connectivity index (χ0n) is 15.3. The number of ether oxygens (including phenoxy) is 3. The molecule has 7 nitrogen and oxygen atoms in total. The summed E-state index contributed by atoms with van der Waals surface area (Å²) in [5.74, 6) is -1.30. The first-order chi connectivity index (χ1) is 13.9. The minimum absolute atomic E-state index is 0.0424. The van der Waals surface area contributed by atoms with Crippen molar-refractivity contribution in [2.75, 3.05) is 39.5 Å². The van der Waals surface area contributed by atoms with E-state index in [1.165, 1.54) is 4.31 Å². The molecule has 0 radical (unpaired) electrons. The van der Waals surface area contributed by atoms with Gasteiger partial charge < -0.3 is 14.2 Å². The Labute approximate surface area is 173 Å². The highest BCUT2D eigenvalue weighted by molar-refractivity contribution is 7.89. The number of hydrogen-bond donors (Lipinski definition) is 0. The summed E-state index contributed by atoms with van der Waals surface area (Å²) in [7, 11) is -3.86. The maximum atomic E-state index is 14.1. The summed E-state index contributed by atoms with van der Waals surface area (Å²) in [4.78, 5) is 12.0. The zero-order valence-corrected chi connectivity index (χ0v) is 16.9. The van der Waals surface area contributed by atoms with E-state index in [0.717, 1.165) is 18.2 Å². The number of esters is 1. The average Bonchev–Trinajstić information content (AvgIpc) is 2.73. The van der Waals surface area contributed by atoms with Gasteiger partial charge in [-0.15, -0.1) is 0 Å². The molecule has 0 spiro atoms. The summed E-state index contributed by atoms with van der Waals surface area (Å²) in [6, 6.07) is 9.67. The SMILES string of the molecule is O=C(OCCOc1ccc(Cl)cc1)c1cc(S(=O)(=O)N2CCOCC2)ccc1F. The number of benzene rings is 2. The Morgan fingerprint density at radius 1 is 1.10 bits per heavy atom. The van der Waals surface area contributed by atoms with Gasteiger partial charge in [0.15, 0.2) is 0 Å². The monoisotopic (exact) mass is 443 g/mol. The molecule has 0 bridgehead atoms. The van der Waals surface area contributed by atoms with Gasteiger partial charge in [-0.3, -0.25) is 0 Å². The van der Waals surface area contributed by atoms with Crippen molar-refractivity contribution in [3.05, 3.63) is 58.9 Å². The van der Waals surface area contributed by atoms with Crippen LogP contribution in [0.4, 0.5) is 4.39 Å². The molecule has 2 aromatic carbocycles. The molecule has 10 heteroatoms. The highest BCUT2D eigenvalue weighted by atomic mass is 35.5. The summed E-state index contributed by atoms with van der Waals surface area (Å²) in [6.45, 7) is 0.858. The van der Waals surface area contributed by atoms with Crippen molar-refractivity contribution >= 4 is 27.6 Å². The third kappa shape index (κ3) is 5.45. The highest BCUT2D eigenvalue weighted by Gasteiger charge is 2.28. The first kappa shape index (κ1) is 21.5. The molecule has 0 unspecified atom stereocenters. The normalized spacial score (nSPS) is 15.1. The van der Waals surface area contributed by atoms with E-state index in [2.05, 4.69) is 0 Å². The number of hydrogen-bond acceptors (Lipinski definition) is 6. The minimum atomic E-state index is -3.86. The van der Waals surface area contributed by atoms with E-state index in [0.29, 0.717) is 10.8 Å². The van der Waals surface area contributed by atoms with Crippen LogP contribution in [0.15, 0.2) is 47.4 Å². The molecule has 0 saturated carbocycles. The molecule has 1 aliphatic rings. The fourth-order valence-electron chi connectivity index (χ4n) is 2.66. The molecule has 0 aromatic heterocycles. The van der Waals surface area contributed by atoms with Crippen molar-refractivity contribution in [2.45, 2.75) is 4.90 Å². The Bertz CT molecular complexity index is 961. The van der Waals surface area contributed by atoms with E-state index >= 15 is 0 Å².